The minimum Gasteiger partial charge on any atom is -0.288 e. The Balaban J connectivity index is 2.46. The van der Waals surface area contributed by atoms with E-state index >= 15 is 0 Å². The fourth-order valence-corrected chi connectivity index (χ4v) is 2.24. The Bertz CT molecular complexity index is 515. The number of carbonyl (C=O) groups is 1. The second kappa shape index (κ2) is 3.79. The topological polar surface area (TPSA) is 34.9 Å². The van der Waals surface area contributed by atoms with Gasteiger partial charge < -0.3 is 0 Å². The van der Waals surface area contributed by atoms with Gasteiger partial charge in [0, 0.05) is 12.7 Å². The minimum atomic E-state index is -0.0631. The zero-order valence-corrected chi connectivity index (χ0v) is 9.89. The molecule has 2 aromatic heterocycles. The van der Waals surface area contributed by atoms with E-state index in [0.717, 1.165) is 5.69 Å². The lowest BCUT2D eigenvalue weighted by Gasteiger charge is -1.98. The molecule has 15 heavy (non-hydrogen) atoms. The minimum absolute atomic E-state index is 0.0631. The van der Waals surface area contributed by atoms with E-state index in [1.54, 1.807) is 29.4 Å². The molecule has 0 aliphatic carbocycles. The van der Waals surface area contributed by atoms with Crippen LogP contribution in [0.1, 0.15) is 21.6 Å². The molecule has 5 heteroatoms. The monoisotopic (exact) mass is 240 g/mol. The number of nitrogens with zero attached hydrogens (tertiary/aromatic N) is 2. The van der Waals surface area contributed by atoms with Crippen molar-refractivity contribution >= 4 is 28.7 Å². The molecule has 0 saturated heterocycles. The van der Waals surface area contributed by atoms with Crippen molar-refractivity contribution in [2.24, 2.45) is 7.05 Å². The maximum Gasteiger partial charge on any atom is 0.198 e. The third kappa shape index (κ3) is 1.70. The van der Waals surface area contributed by atoms with Gasteiger partial charge in [0.1, 0.15) is 4.34 Å². The van der Waals surface area contributed by atoms with Crippen LogP contribution in [0, 0.1) is 6.92 Å². The molecule has 0 spiro atoms. The molecule has 2 heterocycles. The van der Waals surface area contributed by atoms with Crippen LogP contribution < -0.4 is 0 Å². The quantitative estimate of drug-likeness (QED) is 0.757. The number of rotatable bonds is 2. The fraction of sp³-hybridized carbons (Fsp3) is 0.200. The first-order chi connectivity index (χ1) is 7.11. The van der Waals surface area contributed by atoms with Crippen LogP contribution in [0.3, 0.4) is 0 Å². The lowest BCUT2D eigenvalue weighted by Crippen LogP contribution is -2.02. The highest BCUT2D eigenvalue weighted by molar-refractivity contribution is 7.14. The van der Waals surface area contributed by atoms with E-state index in [1.807, 2.05) is 6.92 Å². The molecule has 0 aliphatic heterocycles. The van der Waals surface area contributed by atoms with Crippen molar-refractivity contribution in [2.45, 2.75) is 6.92 Å². The first-order valence-corrected chi connectivity index (χ1v) is 5.63. The van der Waals surface area contributed by atoms with Gasteiger partial charge in [0.05, 0.1) is 17.3 Å². The molecular weight excluding hydrogens is 232 g/mol. The molecule has 78 valence electrons. The Morgan fingerprint density at radius 1 is 1.53 bits per heavy atom. The van der Waals surface area contributed by atoms with Crippen LogP contribution in [0.5, 0.6) is 0 Å². The number of carbonyl (C=O) groups excluding carboxylic acids is 1. The summed E-state index contributed by atoms with van der Waals surface area (Å²) in [6, 6.07) is 1.74. The van der Waals surface area contributed by atoms with Crippen LogP contribution in [0.2, 0.25) is 4.34 Å². The van der Waals surface area contributed by atoms with E-state index in [2.05, 4.69) is 5.10 Å². The molecule has 0 N–H and O–H groups in total. The summed E-state index contributed by atoms with van der Waals surface area (Å²) in [5, 5.41) is 5.84. The molecule has 0 saturated carbocycles. The van der Waals surface area contributed by atoms with Crippen molar-refractivity contribution in [1.29, 1.82) is 0 Å². The highest BCUT2D eigenvalue weighted by Gasteiger charge is 2.17. The Morgan fingerprint density at radius 2 is 2.27 bits per heavy atom. The number of halogens is 1. The van der Waals surface area contributed by atoms with E-state index in [4.69, 9.17) is 11.6 Å². The molecule has 0 fully saturated rings. The predicted octanol–water partition coefficient (Wildman–Crippen LogP) is 2.67. The van der Waals surface area contributed by atoms with Gasteiger partial charge in [-0.1, -0.05) is 11.6 Å². The van der Waals surface area contributed by atoms with Crippen LogP contribution in [-0.4, -0.2) is 15.6 Å². The molecule has 0 aliphatic rings. The second-order valence-electron chi connectivity index (χ2n) is 3.20. The van der Waals surface area contributed by atoms with Gasteiger partial charge in [-0.25, -0.2) is 0 Å². The van der Waals surface area contributed by atoms with Gasteiger partial charge in [-0.05, 0) is 18.4 Å². The Morgan fingerprint density at radius 3 is 2.73 bits per heavy atom. The third-order valence-corrected chi connectivity index (χ3v) is 3.51. The summed E-state index contributed by atoms with van der Waals surface area (Å²) in [4.78, 5) is 12.0. The zero-order chi connectivity index (χ0) is 11.0. The van der Waals surface area contributed by atoms with Gasteiger partial charge in [-0.2, -0.15) is 5.10 Å². The lowest BCUT2D eigenvalue weighted by molar-refractivity contribution is 0.103. The molecule has 0 radical (unpaired) electrons. The van der Waals surface area contributed by atoms with Gasteiger partial charge >= 0.3 is 0 Å². The summed E-state index contributed by atoms with van der Waals surface area (Å²) < 4.78 is 2.20. The normalized spacial score (nSPS) is 10.6. The molecule has 0 unspecified atom stereocenters. The SMILES string of the molecule is Cc1c(C(=O)c2ccsc2Cl)cnn1C. The third-order valence-electron chi connectivity index (χ3n) is 2.34. The number of hydrogen-bond acceptors (Lipinski definition) is 3. The van der Waals surface area contributed by atoms with E-state index in [0.29, 0.717) is 15.5 Å². The van der Waals surface area contributed by atoms with Gasteiger partial charge in [-0.3, -0.25) is 9.48 Å². The van der Waals surface area contributed by atoms with Crippen LogP contribution in [0.4, 0.5) is 0 Å². The molecule has 0 amide bonds. The van der Waals surface area contributed by atoms with Gasteiger partial charge in [-0.15, -0.1) is 11.3 Å². The van der Waals surface area contributed by atoms with Crippen molar-refractivity contribution < 1.29 is 4.79 Å². The number of hydrogen-bond donors (Lipinski definition) is 0. The molecule has 0 atom stereocenters. The standard InChI is InChI=1S/C10H9ClN2OS/c1-6-8(5-12-13(6)2)9(14)7-3-4-15-10(7)11/h3-5H,1-2H3. The summed E-state index contributed by atoms with van der Waals surface area (Å²) in [5.74, 6) is -0.0631. The molecule has 3 nitrogen and oxygen atoms in total. The summed E-state index contributed by atoms with van der Waals surface area (Å²) in [7, 11) is 1.81. The highest BCUT2D eigenvalue weighted by atomic mass is 35.5. The number of ketones is 1. The van der Waals surface area contributed by atoms with Gasteiger partial charge in [0.15, 0.2) is 5.78 Å². The van der Waals surface area contributed by atoms with E-state index in [9.17, 15) is 4.79 Å². The van der Waals surface area contributed by atoms with Crippen LogP contribution in [0.25, 0.3) is 0 Å². The van der Waals surface area contributed by atoms with E-state index < -0.39 is 0 Å². The smallest absolute Gasteiger partial charge is 0.198 e. The maximum atomic E-state index is 12.0. The molecule has 2 aromatic rings. The summed E-state index contributed by atoms with van der Waals surface area (Å²) in [6.45, 7) is 1.86. The molecule has 2 rings (SSSR count). The molecule has 0 aromatic carbocycles. The van der Waals surface area contributed by atoms with Crippen LogP contribution >= 0.6 is 22.9 Å². The van der Waals surface area contributed by atoms with Crippen molar-refractivity contribution in [1.82, 2.24) is 9.78 Å². The van der Waals surface area contributed by atoms with Crippen LogP contribution in [0.15, 0.2) is 17.6 Å². The van der Waals surface area contributed by atoms with E-state index in [1.165, 1.54) is 11.3 Å². The lowest BCUT2D eigenvalue weighted by atomic mass is 10.1. The van der Waals surface area contributed by atoms with Crippen molar-refractivity contribution in [3.05, 3.63) is 38.8 Å². The Hall–Kier alpha value is -1.13. The largest absolute Gasteiger partial charge is 0.288 e. The van der Waals surface area contributed by atoms with Crippen molar-refractivity contribution in [3.8, 4) is 0 Å². The van der Waals surface area contributed by atoms with Gasteiger partial charge in [0.2, 0.25) is 0 Å². The van der Waals surface area contributed by atoms with Crippen LogP contribution in [-0.2, 0) is 7.05 Å². The first kappa shape index (κ1) is 10.4. The molecular formula is C10H9ClN2OS. The van der Waals surface area contributed by atoms with Crippen molar-refractivity contribution in [3.63, 3.8) is 0 Å². The average molecular weight is 241 g/mol. The van der Waals surface area contributed by atoms with E-state index in [-0.39, 0.29) is 5.78 Å². The first-order valence-electron chi connectivity index (χ1n) is 4.37. The average Bonchev–Trinajstić information content (AvgIpc) is 2.75. The van der Waals surface area contributed by atoms with Gasteiger partial charge in [0.25, 0.3) is 0 Å². The zero-order valence-electron chi connectivity index (χ0n) is 8.32. The summed E-state index contributed by atoms with van der Waals surface area (Å²) >= 11 is 7.27. The predicted molar refractivity (Wildman–Crippen MR) is 60.7 cm³/mol. The molecule has 0 bridgehead atoms. The number of aryl methyl sites for hydroxylation is 1. The maximum absolute atomic E-state index is 12.0. The number of thiophene rings is 1. The fourth-order valence-electron chi connectivity index (χ4n) is 1.32. The summed E-state index contributed by atoms with van der Waals surface area (Å²) in [5.41, 5.74) is 2.01. The highest BCUT2D eigenvalue weighted by Crippen LogP contribution is 2.25. The summed E-state index contributed by atoms with van der Waals surface area (Å²) in [6.07, 6.45) is 1.58. The number of aromatic nitrogens is 2. The Labute approximate surface area is 96.3 Å². The van der Waals surface area contributed by atoms with Crippen molar-refractivity contribution in [2.75, 3.05) is 0 Å². The second-order valence-corrected chi connectivity index (χ2v) is 4.72. The Kier molecular flexibility index (Phi) is 2.63.